The van der Waals surface area contributed by atoms with E-state index in [4.69, 9.17) is 42.6 Å². The number of benzene rings is 2. The van der Waals surface area contributed by atoms with Gasteiger partial charge in [0.15, 0.2) is 0 Å². The summed E-state index contributed by atoms with van der Waals surface area (Å²) in [5.41, 5.74) is -0.0437. The number of hydrogen-bond acceptors (Lipinski definition) is 15. The van der Waals surface area contributed by atoms with Gasteiger partial charge < -0.3 is 42.6 Å². The van der Waals surface area contributed by atoms with Crippen LogP contribution in [0.4, 0.5) is 4.79 Å². The summed E-state index contributed by atoms with van der Waals surface area (Å²) < 4.78 is 47.1. The zero-order valence-corrected chi connectivity index (χ0v) is 33.9. The van der Waals surface area contributed by atoms with Crippen LogP contribution in [-0.2, 0) is 42.8 Å². The van der Waals surface area contributed by atoms with Crippen molar-refractivity contribution < 1.29 is 71.4 Å². The second kappa shape index (κ2) is 24.0. The quantitative estimate of drug-likeness (QED) is 0.0441. The zero-order valence-electron chi connectivity index (χ0n) is 33.9. The van der Waals surface area contributed by atoms with Crippen LogP contribution in [0.5, 0.6) is 17.2 Å². The van der Waals surface area contributed by atoms with Crippen molar-refractivity contribution in [2.24, 2.45) is 29.6 Å². The van der Waals surface area contributed by atoms with Crippen molar-refractivity contribution in [3.05, 3.63) is 53.6 Å². The van der Waals surface area contributed by atoms with Crippen molar-refractivity contribution in [3.8, 4) is 17.2 Å². The summed E-state index contributed by atoms with van der Waals surface area (Å²) in [5, 5.41) is 0. The molecule has 0 N–H and O–H groups in total. The number of carbonyl (C=O) groups is 6. The van der Waals surface area contributed by atoms with Gasteiger partial charge in [-0.2, -0.15) is 0 Å². The van der Waals surface area contributed by atoms with E-state index in [1.165, 1.54) is 42.5 Å². The lowest BCUT2D eigenvalue weighted by Gasteiger charge is -2.36. The van der Waals surface area contributed by atoms with Gasteiger partial charge in [-0.15, -0.1) is 0 Å². The minimum atomic E-state index is -1.05. The average molecular weight is 813 g/mol. The summed E-state index contributed by atoms with van der Waals surface area (Å²) in [6.07, 6.45) is 6.77. The molecule has 1 unspecified atom stereocenters. The molecule has 2 saturated carbocycles. The SMILES string of the molecule is CCOC(=O)C1CCC(C2CCC(C(=O)Oc3ccc(C(=O)Oc4ccc(OC(=O)OCCOCCOCCOC(=O)C(C)CC)cc4C(=O)OC)cc3)CC2)CC1. The van der Waals surface area contributed by atoms with Gasteiger partial charge >= 0.3 is 36.0 Å². The van der Waals surface area contributed by atoms with E-state index in [1.807, 2.05) is 13.8 Å². The van der Waals surface area contributed by atoms with Crippen LogP contribution in [0.3, 0.4) is 0 Å². The van der Waals surface area contributed by atoms with E-state index in [1.54, 1.807) is 6.92 Å². The highest BCUT2D eigenvalue weighted by Crippen LogP contribution is 2.42. The molecule has 2 aliphatic rings. The van der Waals surface area contributed by atoms with E-state index in [9.17, 15) is 28.8 Å². The van der Waals surface area contributed by atoms with Crippen molar-refractivity contribution >= 4 is 36.0 Å². The number of methoxy groups -OCH3 is 1. The van der Waals surface area contributed by atoms with Crippen LogP contribution in [0.2, 0.25) is 0 Å². The van der Waals surface area contributed by atoms with Gasteiger partial charge in [0.05, 0.1) is 63.5 Å². The van der Waals surface area contributed by atoms with Crippen LogP contribution in [0.1, 0.15) is 99.3 Å². The first kappa shape index (κ1) is 45.7. The van der Waals surface area contributed by atoms with Crippen LogP contribution in [0.15, 0.2) is 42.5 Å². The first-order valence-electron chi connectivity index (χ1n) is 20.1. The second-order valence-electron chi connectivity index (χ2n) is 14.4. The Kier molecular flexibility index (Phi) is 18.9. The molecule has 4 rings (SSSR count). The number of esters is 5. The normalized spacial score (nSPS) is 19.5. The summed E-state index contributed by atoms with van der Waals surface area (Å²) in [7, 11) is 1.15. The molecular weight excluding hydrogens is 756 g/mol. The molecule has 2 aromatic rings. The number of ether oxygens (including phenoxy) is 9. The molecule has 1 atom stereocenters. The molecule has 58 heavy (non-hydrogen) atoms. The van der Waals surface area contributed by atoms with Crippen molar-refractivity contribution in [3.63, 3.8) is 0 Å². The van der Waals surface area contributed by atoms with Crippen molar-refractivity contribution in [1.29, 1.82) is 0 Å². The van der Waals surface area contributed by atoms with Gasteiger partial charge in [-0.05, 0) is 119 Å². The maximum atomic E-state index is 13.0. The summed E-state index contributed by atoms with van der Waals surface area (Å²) in [6, 6.07) is 9.67. The largest absolute Gasteiger partial charge is 0.513 e. The highest BCUT2D eigenvalue weighted by atomic mass is 16.7. The fourth-order valence-corrected chi connectivity index (χ4v) is 7.00. The highest BCUT2D eigenvalue weighted by Gasteiger charge is 2.35. The lowest BCUT2D eigenvalue weighted by atomic mass is 9.69. The molecule has 2 fully saturated rings. The van der Waals surface area contributed by atoms with Gasteiger partial charge in [0.25, 0.3) is 0 Å². The first-order chi connectivity index (χ1) is 28.0. The van der Waals surface area contributed by atoms with E-state index < -0.39 is 18.1 Å². The molecule has 0 bridgehead atoms. The lowest BCUT2D eigenvalue weighted by Crippen LogP contribution is -2.31. The molecule has 0 spiro atoms. The maximum absolute atomic E-state index is 13.0. The van der Waals surface area contributed by atoms with Gasteiger partial charge in [0.1, 0.15) is 36.0 Å². The standard InChI is InChI=1S/C43H56O15/c1-5-28(3)38(44)54-25-23-51-21-22-52-24-26-55-43(49)57-35-19-20-37(36(27-35)42(48)50-4)58-41(47)33-15-17-34(18-16-33)56-40(46)32-13-9-30(10-14-32)29-7-11-31(12-8-29)39(45)53-6-2/h15-20,27-32H,5-14,21-26H2,1-4H3. The third-order valence-corrected chi connectivity index (χ3v) is 10.5. The highest BCUT2D eigenvalue weighted by molar-refractivity contribution is 5.96. The Bertz CT molecular complexity index is 1660. The molecule has 2 aliphatic carbocycles. The van der Waals surface area contributed by atoms with Gasteiger partial charge in [-0.25, -0.2) is 14.4 Å². The van der Waals surface area contributed by atoms with Gasteiger partial charge in [-0.1, -0.05) is 13.8 Å². The van der Waals surface area contributed by atoms with Crippen molar-refractivity contribution in [2.75, 3.05) is 53.4 Å². The predicted molar refractivity (Wildman–Crippen MR) is 206 cm³/mol. The summed E-state index contributed by atoms with van der Waals surface area (Å²) in [6.45, 7) is 6.76. The van der Waals surface area contributed by atoms with Crippen LogP contribution in [-0.4, -0.2) is 89.4 Å². The monoisotopic (exact) mass is 812 g/mol. The fourth-order valence-electron chi connectivity index (χ4n) is 7.00. The minimum absolute atomic E-state index is 0.00313. The Labute approximate surface area is 339 Å². The molecule has 0 amide bonds. The third-order valence-electron chi connectivity index (χ3n) is 10.5. The molecule has 0 heterocycles. The number of carbonyl (C=O) groups excluding carboxylic acids is 6. The molecule has 15 heteroatoms. The van der Waals surface area contributed by atoms with E-state index in [-0.39, 0.29) is 97.9 Å². The summed E-state index contributed by atoms with van der Waals surface area (Å²) in [4.78, 5) is 74.5. The first-order valence-corrected chi connectivity index (χ1v) is 20.1. The van der Waals surface area contributed by atoms with Crippen LogP contribution >= 0.6 is 0 Å². The lowest BCUT2D eigenvalue weighted by molar-refractivity contribution is -0.150. The van der Waals surface area contributed by atoms with Crippen molar-refractivity contribution in [1.82, 2.24) is 0 Å². The molecule has 2 aromatic carbocycles. The molecule has 0 aromatic heterocycles. The topological polar surface area (TPSA) is 185 Å². The van der Waals surface area contributed by atoms with Crippen LogP contribution in [0.25, 0.3) is 0 Å². The van der Waals surface area contributed by atoms with Crippen LogP contribution in [0, 0.1) is 29.6 Å². The molecule has 318 valence electrons. The number of rotatable bonds is 20. The third kappa shape index (κ3) is 14.4. The Morgan fingerprint density at radius 1 is 0.603 bits per heavy atom. The minimum Gasteiger partial charge on any atom is -0.466 e. The summed E-state index contributed by atoms with van der Waals surface area (Å²) >= 11 is 0. The van der Waals surface area contributed by atoms with Crippen LogP contribution < -0.4 is 14.2 Å². The average Bonchev–Trinajstić information content (AvgIpc) is 3.24. The molecular formula is C43H56O15. The summed E-state index contributed by atoms with van der Waals surface area (Å²) in [5.74, 6) is -1.46. The maximum Gasteiger partial charge on any atom is 0.513 e. The zero-order chi connectivity index (χ0) is 41.9. The Hall–Kier alpha value is -5.02. The van der Waals surface area contributed by atoms with E-state index in [0.717, 1.165) is 58.5 Å². The molecule has 0 aliphatic heterocycles. The Morgan fingerprint density at radius 3 is 1.72 bits per heavy atom. The van der Waals surface area contributed by atoms with Gasteiger partial charge in [0, 0.05) is 0 Å². The van der Waals surface area contributed by atoms with Gasteiger partial charge in [0.2, 0.25) is 0 Å². The van der Waals surface area contributed by atoms with Crippen molar-refractivity contribution in [2.45, 2.75) is 78.6 Å². The fraction of sp³-hybridized carbons (Fsp3) is 0.581. The van der Waals surface area contributed by atoms with E-state index in [0.29, 0.717) is 30.6 Å². The molecule has 0 saturated heterocycles. The smallest absolute Gasteiger partial charge is 0.466 e. The Morgan fingerprint density at radius 2 is 1.16 bits per heavy atom. The number of hydrogen-bond donors (Lipinski definition) is 0. The van der Waals surface area contributed by atoms with Gasteiger partial charge in [-0.3, -0.25) is 14.4 Å². The van der Waals surface area contributed by atoms with E-state index in [2.05, 4.69) is 0 Å². The van der Waals surface area contributed by atoms with E-state index >= 15 is 0 Å². The Balaban J connectivity index is 1.16. The molecule has 0 radical (unpaired) electrons. The second-order valence-corrected chi connectivity index (χ2v) is 14.4. The molecule has 15 nitrogen and oxygen atoms in total. The predicted octanol–water partition coefficient (Wildman–Crippen LogP) is 6.91.